The van der Waals surface area contributed by atoms with Gasteiger partial charge in [0.15, 0.2) is 9.84 Å². The van der Waals surface area contributed by atoms with Crippen molar-refractivity contribution < 1.29 is 23.1 Å². The number of rotatable bonds is 5. The van der Waals surface area contributed by atoms with E-state index in [9.17, 15) is 18.0 Å². The lowest BCUT2D eigenvalue weighted by Crippen LogP contribution is -2.39. The van der Waals surface area contributed by atoms with Gasteiger partial charge in [0.1, 0.15) is 6.04 Å². The van der Waals surface area contributed by atoms with Gasteiger partial charge < -0.3 is 10.4 Å². The number of carbonyl (C=O) groups excluding carboxylic acids is 1. The molecule has 0 aromatic carbocycles. The minimum atomic E-state index is -2.93. The van der Waals surface area contributed by atoms with Crippen LogP contribution in [0.15, 0.2) is 0 Å². The van der Waals surface area contributed by atoms with E-state index in [4.69, 9.17) is 5.11 Å². The van der Waals surface area contributed by atoms with Crippen molar-refractivity contribution in [2.45, 2.75) is 24.6 Å². The minimum absolute atomic E-state index is 0.0501. The second kappa shape index (κ2) is 5.72. The van der Waals surface area contributed by atoms with Gasteiger partial charge in [-0.15, -0.1) is 11.8 Å². The number of carboxylic acid groups (broad SMARTS) is 1. The summed E-state index contributed by atoms with van der Waals surface area (Å²) in [6.07, 6.45) is 0.564. The second-order valence-electron chi connectivity index (χ2n) is 3.96. The number of nitrogens with one attached hydrogen (secondary N) is 1. The molecule has 0 aromatic rings. The molecule has 8 heteroatoms. The van der Waals surface area contributed by atoms with E-state index in [0.29, 0.717) is 6.42 Å². The molecule has 0 bridgehead atoms. The third kappa shape index (κ3) is 4.95. The summed E-state index contributed by atoms with van der Waals surface area (Å²) in [6, 6.07) is -0.921. The highest BCUT2D eigenvalue weighted by Crippen LogP contribution is 2.23. The van der Waals surface area contributed by atoms with Crippen LogP contribution >= 0.6 is 11.8 Å². The van der Waals surface area contributed by atoms with Crippen LogP contribution in [0.4, 0.5) is 0 Å². The average Bonchev–Trinajstić information content (AvgIpc) is 2.55. The van der Waals surface area contributed by atoms with Gasteiger partial charge in [-0.3, -0.25) is 9.59 Å². The maximum absolute atomic E-state index is 11.3. The molecule has 0 radical (unpaired) electrons. The maximum Gasteiger partial charge on any atom is 0.325 e. The molecule has 1 rings (SSSR count). The zero-order chi connectivity index (χ0) is 13.1. The molecule has 0 aromatic heterocycles. The van der Waals surface area contributed by atoms with Gasteiger partial charge in [0.25, 0.3) is 0 Å². The molecule has 1 unspecified atom stereocenters. The van der Waals surface area contributed by atoms with Crippen molar-refractivity contribution in [2.75, 3.05) is 17.3 Å². The monoisotopic (exact) mass is 281 g/mol. The van der Waals surface area contributed by atoms with E-state index in [1.165, 1.54) is 18.7 Å². The zero-order valence-corrected chi connectivity index (χ0v) is 11.0. The Balaban J connectivity index is 2.28. The molecule has 1 aliphatic heterocycles. The zero-order valence-electron chi connectivity index (χ0n) is 9.38. The number of carboxylic acids is 1. The fourth-order valence-corrected chi connectivity index (χ4v) is 4.89. The van der Waals surface area contributed by atoms with E-state index in [1.807, 2.05) is 0 Å². The Morgan fingerprint density at radius 2 is 2.18 bits per heavy atom. The highest BCUT2D eigenvalue weighted by Gasteiger charge is 2.28. The highest BCUT2D eigenvalue weighted by molar-refractivity contribution is 8.02. The van der Waals surface area contributed by atoms with Crippen molar-refractivity contribution in [1.29, 1.82) is 0 Å². The smallest absolute Gasteiger partial charge is 0.325 e. The molecule has 2 atom stereocenters. The fourth-order valence-electron chi connectivity index (χ4n) is 1.43. The fraction of sp³-hybridized carbons (Fsp3) is 0.778. The molecule has 1 fully saturated rings. The largest absolute Gasteiger partial charge is 0.480 e. The van der Waals surface area contributed by atoms with E-state index in [1.54, 1.807) is 0 Å². The molecule has 1 aliphatic rings. The molecule has 0 saturated carbocycles. The van der Waals surface area contributed by atoms with Crippen LogP contribution in [0.1, 0.15) is 13.3 Å². The Labute approximate surface area is 104 Å². The van der Waals surface area contributed by atoms with Crippen molar-refractivity contribution in [2.24, 2.45) is 0 Å². The molecular formula is C9H15NO5S2. The third-order valence-electron chi connectivity index (χ3n) is 2.39. The van der Waals surface area contributed by atoms with Gasteiger partial charge in [0.05, 0.1) is 17.3 Å². The standard InChI is InChI=1S/C9H15NO5S2/c1-6(9(12)13)10-8(11)4-16-7-2-3-17(14,15)5-7/h6-7H,2-5H2,1H3,(H,10,11)(H,12,13)/t6-,7?/m1/s1. The van der Waals surface area contributed by atoms with Gasteiger partial charge in [-0.25, -0.2) is 8.42 Å². The predicted molar refractivity (Wildman–Crippen MR) is 64.8 cm³/mol. The Morgan fingerprint density at radius 1 is 1.53 bits per heavy atom. The number of thioether (sulfide) groups is 1. The molecule has 2 N–H and O–H groups in total. The Bertz CT molecular complexity index is 406. The summed E-state index contributed by atoms with van der Waals surface area (Å²) in [5.74, 6) is -1.09. The van der Waals surface area contributed by atoms with Gasteiger partial charge >= 0.3 is 5.97 Å². The van der Waals surface area contributed by atoms with Crippen LogP contribution in [-0.2, 0) is 19.4 Å². The van der Waals surface area contributed by atoms with Gasteiger partial charge in [-0.2, -0.15) is 0 Å². The number of hydrogen-bond acceptors (Lipinski definition) is 5. The van der Waals surface area contributed by atoms with Crippen molar-refractivity contribution in [1.82, 2.24) is 5.32 Å². The first kappa shape index (κ1) is 14.3. The Hall–Kier alpha value is -0.760. The molecule has 1 saturated heterocycles. The lowest BCUT2D eigenvalue weighted by molar-refractivity contribution is -0.140. The van der Waals surface area contributed by atoms with Crippen LogP contribution in [0.3, 0.4) is 0 Å². The number of aliphatic carboxylic acids is 1. The molecular weight excluding hydrogens is 266 g/mol. The SMILES string of the molecule is C[C@@H](NC(=O)CSC1CCS(=O)(=O)C1)C(=O)O. The normalized spacial score (nSPS) is 24.2. The molecule has 98 valence electrons. The molecule has 0 spiro atoms. The van der Waals surface area contributed by atoms with E-state index >= 15 is 0 Å². The van der Waals surface area contributed by atoms with Gasteiger partial charge in [-0.1, -0.05) is 0 Å². The summed E-state index contributed by atoms with van der Waals surface area (Å²) in [5.41, 5.74) is 0. The first-order chi connectivity index (χ1) is 7.80. The number of carbonyl (C=O) groups is 2. The minimum Gasteiger partial charge on any atom is -0.480 e. The van der Waals surface area contributed by atoms with Gasteiger partial charge in [0, 0.05) is 5.25 Å². The number of amides is 1. The first-order valence-electron chi connectivity index (χ1n) is 5.14. The van der Waals surface area contributed by atoms with Crippen molar-refractivity contribution in [3.05, 3.63) is 0 Å². The van der Waals surface area contributed by atoms with E-state index < -0.39 is 21.8 Å². The van der Waals surface area contributed by atoms with Crippen molar-refractivity contribution >= 4 is 33.5 Å². The van der Waals surface area contributed by atoms with E-state index in [0.717, 1.165) is 0 Å². The second-order valence-corrected chi connectivity index (χ2v) is 7.48. The topological polar surface area (TPSA) is 101 Å². The van der Waals surface area contributed by atoms with Crippen molar-refractivity contribution in [3.8, 4) is 0 Å². The van der Waals surface area contributed by atoms with Gasteiger partial charge in [0.2, 0.25) is 5.91 Å². The van der Waals surface area contributed by atoms with Crippen LogP contribution in [0.2, 0.25) is 0 Å². The molecule has 1 heterocycles. The summed E-state index contributed by atoms with van der Waals surface area (Å²) in [5, 5.41) is 10.8. The molecule has 17 heavy (non-hydrogen) atoms. The van der Waals surface area contributed by atoms with Crippen LogP contribution in [0.25, 0.3) is 0 Å². The van der Waals surface area contributed by atoms with Gasteiger partial charge in [-0.05, 0) is 13.3 Å². The molecule has 1 amide bonds. The predicted octanol–water partition coefficient (Wildman–Crippen LogP) is -0.504. The lowest BCUT2D eigenvalue weighted by Gasteiger charge is -2.10. The first-order valence-corrected chi connectivity index (χ1v) is 8.01. The van der Waals surface area contributed by atoms with E-state index in [2.05, 4.69) is 5.32 Å². The number of hydrogen-bond donors (Lipinski definition) is 2. The number of sulfone groups is 1. The lowest BCUT2D eigenvalue weighted by atomic mass is 10.3. The van der Waals surface area contributed by atoms with Crippen LogP contribution in [-0.4, -0.2) is 54.0 Å². The van der Waals surface area contributed by atoms with Crippen LogP contribution in [0, 0.1) is 0 Å². The highest BCUT2D eigenvalue weighted by atomic mass is 32.2. The Kier molecular flexibility index (Phi) is 4.81. The quantitative estimate of drug-likeness (QED) is 0.704. The summed E-state index contributed by atoms with van der Waals surface area (Å²) >= 11 is 1.26. The summed E-state index contributed by atoms with van der Waals surface area (Å²) in [4.78, 5) is 21.8. The third-order valence-corrected chi connectivity index (χ3v) is 5.67. The molecule has 0 aliphatic carbocycles. The molecule has 6 nitrogen and oxygen atoms in total. The summed E-state index contributed by atoms with van der Waals surface area (Å²) < 4.78 is 22.3. The van der Waals surface area contributed by atoms with Crippen LogP contribution in [0.5, 0.6) is 0 Å². The summed E-state index contributed by atoms with van der Waals surface area (Å²) in [6.45, 7) is 1.38. The van der Waals surface area contributed by atoms with Crippen molar-refractivity contribution in [3.63, 3.8) is 0 Å². The van der Waals surface area contributed by atoms with Crippen LogP contribution < -0.4 is 5.32 Å². The van der Waals surface area contributed by atoms with E-state index in [-0.39, 0.29) is 28.4 Å². The summed E-state index contributed by atoms with van der Waals surface area (Å²) in [7, 11) is -2.93. The Morgan fingerprint density at radius 3 is 2.65 bits per heavy atom. The average molecular weight is 281 g/mol. The maximum atomic E-state index is 11.3.